The molecule has 1 heterocycles. The van der Waals surface area contributed by atoms with Gasteiger partial charge >= 0.3 is 0 Å². The minimum Gasteiger partial charge on any atom is -0.356 e. The maximum Gasteiger partial charge on any atom is 0.101 e. The summed E-state index contributed by atoms with van der Waals surface area (Å²) in [6, 6.07) is 0. The lowest BCUT2D eigenvalue weighted by Crippen LogP contribution is -2.39. The first-order valence-corrected chi connectivity index (χ1v) is 17.5. The van der Waals surface area contributed by atoms with Gasteiger partial charge in [0.15, 0.2) is 0 Å². The molecule has 0 saturated carbocycles. The van der Waals surface area contributed by atoms with Crippen LogP contribution < -0.4 is 0 Å². The zero-order chi connectivity index (χ0) is 26.7. The number of nitrogens with zero attached hydrogens (tertiary/aromatic N) is 2. The van der Waals surface area contributed by atoms with Crippen molar-refractivity contribution >= 4 is 0 Å². The van der Waals surface area contributed by atoms with E-state index in [4.69, 9.17) is 0 Å². The largest absolute Gasteiger partial charge is 0.356 e. The van der Waals surface area contributed by atoms with Gasteiger partial charge in [0.2, 0.25) is 0 Å². The summed E-state index contributed by atoms with van der Waals surface area (Å²) in [6.45, 7) is 9.46. The lowest BCUT2D eigenvalue weighted by Gasteiger charge is -2.33. The second-order valence-corrected chi connectivity index (χ2v) is 12.2. The molecular weight excluding hydrogens is 448 g/mol. The van der Waals surface area contributed by atoms with E-state index < -0.39 is 0 Å². The van der Waals surface area contributed by atoms with Crippen molar-refractivity contribution in [1.29, 1.82) is 0 Å². The quantitative estimate of drug-likeness (QED) is 0.0908. The van der Waals surface area contributed by atoms with Crippen LogP contribution in [0.4, 0.5) is 0 Å². The van der Waals surface area contributed by atoms with Gasteiger partial charge < -0.3 is 9.80 Å². The Hall–Kier alpha value is -0.660. The predicted octanol–water partition coefficient (Wildman–Crippen LogP) is 12.0. The van der Waals surface area contributed by atoms with Gasteiger partial charge in [0, 0.05) is 25.5 Å². The summed E-state index contributed by atoms with van der Waals surface area (Å²) in [5, 5.41) is 0. The zero-order valence-electron chi connectivity index (χ0n) is 26.1. The predicted molar refractivity (Wildman–Crippen MR) is 168 cm³/mol. The van der Waals surface area contributed by atoms with Gasteiger partial charge in [0.1, 0.15) is 6.17 Å². The van der Waals surface area contributed by atoms with Crippen LogP contribution in [0.5, 0.6) is 0 Å². The topological polar surface area (TPSA) is 6.48 Å². The van der Waals surface area contributed by atoms with E-state index >= 15 is 0 Å². The molecule has 0 amide bonds. The van der Waals surface area contributed by atoms with Gasteiger partial charge in [0.25, 0.3) is 0 Å². The third-order valence-corrected chi connectivity index (χ3v) is 8.57. The fourth-order valence-electron chi connectivity index (χ4n) is 6.01. The molecule has 0 aromatic heterocycles. The summed E-state index contributed by atoms with van der Waals surface area (Å²) in [6.07, 6.45) is 44.0. The van der Waals surface area contributed by atoms with E-state index in [9.17, 15) is 0 Å². The highest BCUT2D eigenvalue weighted by Gasteiger charge is 2.24. The van der Waals surface area contributed by atoms with Crippen molar-refractivity contribution in [3.05, 3.63) is 12.4 Å². The van der Waals surface area contributed by atoms with E-state index in [0.29, 0.717) is 6.17 Å². The number of rotatable bonds is 29. The molecular formula is C35H70N2. The minimum absolute atomic E-state index is 0.642. The van der Waals surface area contributed by atoms with E-state index in [1.165, 1.54) is 186 Å². The van der Waals surface area contributed by atoms with E-state index in [1.54, 1.807) is 0 Å². The minimum atomic E-state index is 0.642. The van der Waals surface area contributed by atoms with Crippen LogP contribution in [0.15, 0.2) is 12.4 Å². The average Bonchev–Trinajstić information content (AvgIpc) is 3.29. The Morgan fingerprint density at radius 3 is 0.973 bits per heavy atom. The summed E-state index contributed by atoms with van der Waals surface area (Å²) in [4.78, 5) is 5.38. The molecule has 220 valence electrons. The maximum atomic E-state index is 2.70. The van der Waals surface area contributed by atoms with Gasteiger partial charge in [-0.1, -0.05) is 168 Å². The van der Waals surface area contributed by atoms with Crippen molar-refractivity contribution in [2.45, 2.75) is 200 Å². The van der Waals surface area contributed by atoms with Crippen molar-refractivity contribution < 1.29 is 0 Å². The Bertz CT molecular complexity index is 474. The monoisotopic (exact) mass is 519 g/mol. The van der Waals surface area contributed by atoms with Gasteiger partial charge in [-0.2, -0.15) is 0 Å². The number of hydrogen-bond acceptors (Lipinski definition) is 2. The molecule has 1 atom stereocenters. The Morgan fingerprint density at radius 2 is 0.622 bits per heavy atom. The molecule has 0 aromatic rings. The molecule has 1 aliphatic rings. The van der Waals surface area contributed by atoms with Gasteiger partial charge in [0.05, 0.1) is 0 Å². The standard InChI is InChI=1S/C35H70N2/c1-4-7-10-13-15-17-18-19-20-21-22-24-26-29-32-37-34-33-36(31-28-12-9-6-3)35(37)30-27-25-23-16-14-11-8-5-2/h33-35H,4-32H2,1-3H3. The van der Waals surface area contributed by atoms with E-state index in [2.05, 4.69) is 43.0 Å². The van der Waals surface area contributed by atoms with Gasteiger partial charge in [-0.3, -0.25) is 0 Å². The maximum absolute atomic E-state index is 2.70. The highest BCUT2D eigenvalue weighted by atomic mass is 15.4. The molecule has 0 bridgehead atoms. The third kappa shape index (κ3) is 20.0. The SMILES string of the molecule is CCCCCCCCCCCCCCCCN1C=CN(CCCCCC)C1CCCCCCCCCC. The Labute approximate surface area is 235 Å². The van der Waals surface area contributed by atoms with Crippen molar-refractivity contribution in [3.8, 4) is 0 Å². The molecule has 0 aliphatic carbocycles. The molecule has 0 N–H and O–H groups in total. The van der Waals surface area contributed by atoms with Crippen LogP contribution in [0, 0.1) is 0 Å². The molecule has 1 rings (SSSR count). The van der Waals surface area contributed by atoms with Crippen LogP contribution >= 0.6 is 0 Å². The van der Waals surface area contributed by atoms with Crippen LogP contribution in [-0.2, 0) is 0 Å². The lowest BCUT2D eigenvalue weighted by molar-refractivity contribution is 0.135. The molecule has 1 aliphatic heterocycles. The summed E-state index contributed by atoms with van der Waals surface area (Å²) >= 11 is 0. The van der Waals surface area contributed by atoms with Crippen LogP contribution in [0.25, 0.3) is 0 Å². The van der Waals surface area contributed by atoms with Crippen LogP contribution in [0.3, 0.4) is 0 Å². The number of hydrogen-bond donors (Lipinski definition) is 0. The fourth-order valence-corrected chi connectivity index (χ4v) is 6.01. The van der Waals surface area contributed by atoms with Crippen molar-refractivity contribution in [2.24, 2.45) is 0 Å². The van der Waals surface area contributed by atoms with Crippen LogP contribution in [-0.4, -0.2) is 29.1 Å². The first-order valence-electron chi connectivity index (χ1n) is 17.5. The third-order valence-electron chi connectivity index (χ3n) is 8.57. The molecule has 0 radical (unpaired) electrons. The van der Waals surface area contributed by atoms with E-state index in [1.807, 2.05) is 0 Å². The van der Waals surface area contributed by atoms with Crippen molar-refractivity contribution in [3.63, 3.8) is 0 Å². The Kier molecular flexibility index (Phi) is 25.0. The second kappa shape index (κ2) is 26.9. The van der Waals surface area contributed by atoms with Gasteiger partial charge in [-0.15, -0.1) is 0 Å². The fraction of sp³-hybridized carbons (Fsp3) is 0.943. The van der Waals surface area contributed by atoms with E-state index in [-0.39, 0.29) is 0 Å². The zero-order valence-corrected chi connectivity index (χ0v) is 26.1. The first-order chi connectivity index (χ1) is 18.3. The van der Waals surface area contributed by atoms with Gasteiger partial charge in [-0.05, 0) is 25.7 Å². The molecule has 1 unspecified atom stereocenters. The number of unbranched alkanes of at least 4 members (excludes halogenated alkanes) is 23. The molecule has 2 heteroatoms. The van der Waals surface area contributed by atoms with Crippen LogP contribution in [0.1, 0.15) is 194 Å². The van der Waals surface area contributed by atoms with Crippen LogP contribution in [0.2, 0.25) is 0 Å². The Morgan fingerprint density at radius 1 is 0.351 bits per heavy atom. The summed E-state index contributed by atoms with van der Waals surface area (Å²) in [7, 11) is 0. The van der Waals surface area contributed by atoms with E-state index in [0.717, 1.165) is 0 Å². The highest BCUT2D eigenvalue weighted by Crippen LogP contribution is 2.24. The average molecular weight is 519 g/mol. The summed E-state index contributed by atoms with van der Waals surface area (Å²) < 4.78 is 0. The van der Waals surface area contributed by atoms with Gasteiger partial charge in [-0.25, -0.2) is 0 Å². The lowest BCUT2D eigenvalue weighted by atomic mass is 10.0. The Balaban J connectivity index is 2.13. The first kappa shape index (κ1) is 34.4. The highest BCUT2D eigenvalue weighted by molar-refractivity contribution is 4.97. The second-order valence-electron chi connectivity index (χ2n) is 12.2. The molecule has 37 heavy (non-hydrogen) atoms. The summed E-state index contributed by atoms with van der Waals surface area (Å²) in [5.41, 5.74) is 0. The van der Waals surface area contributed by atoms with Crippen molar-refractivity contribution in [2.75, 3.05) is 13.1 Å². The molecule has 0 spiro atoms. The normalized spacial score (nSPS) is 15.4. The molecule has 2 nitrogen and oxygen atoms in total. The molecule has 0 aromatic carbocycles. The molecule has 0 saturated heterocycles. The summed E-state index contributed by atoms with van der Waals surface area (Å²) in [5.74, 6) is 0. The molecule has 0 fully saturated rings. The van der Waals surface area contributed by atoms with Crippen molar-refractivity contribution in [1.82, 2.24) is 9.80 Å². The smallest absolute Gasteiger partial charge is 0.101 e.